The number of urea groups is 1. The summed E-state index contributed by atoms with van der Waals surface area (Å²) >= 11 is 7.33. The number of ether oxygens (including phenoxy) is 1. The molecule has 0 radical (unpaired) electrons. The average molecular weight is 291 g/mol. The number of rotatable bonds is 7. The van der Waals surface area contributed by atoms with E-state index in [4.69, 9.17) is 16.3 Å². The van der Waals surface area contributed by atoms with Crippen molar-refractivity contribution >= 4 is 29.0 Å². The van der Waals surface area contributed by atoms with Gasteiger partial charge in [-0.1, -0.05) is 11.6 Å². The predicted molar refractivity (Wildman–Crippen MR) is 75.4 cm³/mol. The lowest BCUT2D eigenvalue weighted by atomic mass is 10.3. The van der Waals surface area contributed by atoms with Crippen molar-refractivity contribution in [3.8, 4) is 0 Å². The average Bonchev–Trinajstić information content (AvgIpc) is 2.75. The van der Waals surface area contributed by atoms with E-state index in [9.17, 15) is 4.79 Å². The molecule has 1 atom stereocenters. The molecule has 1 aromatic heterocycles. The highest BCUT2D eigenvalue weighted by Crippen LogP contribution is 2.26. The summed E-state index contributed by atoms with van der Waals surface area (Å²) in [7, 11) is 0. The number of halogens is 1. The summed E-state index contributed by atoms with van der Waals surface area (Å²) in [5, 5.41) is 5.65. The summed E-state index contributed by atoms with van der Waals surface area (Å²) in [4.78, 5) is 12.6. The van der Waals surface area contributed by atoms with Crippen LogP contribution >= 0.6 is 22.9 Å². The molecule has 0 bridgehead atoms. The second-order valence-corrected chi connectivity index (χ2v) is 5.56. The molecule has 2 N–H and O–H groups in total. The monoisotopic (exact) mass is 290 g/mol. The molecule has 1 rings (SSSR count). The van der Waals surface area contributed by atoms with E-state index in [0.717, 1.165) is 15.6 Å². The van der Waals surface area contributed by atoms with Gasteiger partial charge in [0.1, 0.15) is 0 Å². The van der Waals surface area contributed by atoms with Crippen LogP contribution in [0.15, 0.2) is 12.1 Å². The molecular formula is C12H19ClN2O2S. The summed E-state index contributed by atoms with van der Waals surface area (Å²) in [5.41, 5.74) is 0. The number of amides is 2. The maximum atomic E-state index is 11.6. The van der Waals surface area contributed by atoms with Crippen LogP contribution in [0.2, 0.25) is 4.34 Å². The number of thiophene rings is 1. The largest absolute Gasteiger partial charge is 0.382 e. The van der Waals surface area contributed by atoms with E-state index in [1.807, 2.05) is 26.0 Å². The van der Waals surface area contributed by atoms with Crippen molar-refractivity contribution in [1.82, 2.24) is 10.6 Å². The van der Waals surface area contributed by atoms with Crippen LogP contribution in [0, 0.1) is 0 Å². The summed E-state index contributed by atoms with van der Waals surface area (Å²) in [6.07, 6.45) is 0.820. The molecule has 0 aliphatic carbocycles. The van der Waals surface area contributed by atoms with Crippen molar-refractivity contribution in [1.29, 1.82) is 0 Å². The first kappa shape index (κ1) is 15.3. The van der Waals surface area contributed by atoms with Crippen molar-refractivity contribution in [3.63, 3.8) is 0 Å². The Morgan fingerprint density at radius 2 is 2.33 bits per heavy atom. The van der Waals surface area contributed by atoms with Crippen LogP contribution in [0.25, 0.3) is 0 Å². The molecular weight excluding hydrogens is 272 g/mol. The summed E-state index contributed by atoms with van der Waals surface area (Å²) in [6, 6.07) is 3.56. The molecule has 0 fully saturated rings. The number of carbonyl (C=O) groups is 1. The smallest absolute Gasteiger partial charge is 0.315 e. The summed E-state index contributed by atoms with van der Waals surface area (Å²) in [5.74, 6) is 0. The lowest BCUT2D eigenvalue weighted by molar-refractivity contribution is 0.145. The van der Waals surface area contributed by atoms with Gasteiger partial charge in [0.25, 0.3) is 0 Å². The Balaban J connectivity index is 2.19. The van der Waals surface area contributed by atoms with E-state index in [1.54, 1.807) is 0 Å². The second-order valence-electron chi connectivity index (χ2n) is 3.81. The Morgan fingerprint density at radius 1 is 1.56 bits per heavy atom. The Hall–Kier alpha value is -0.780. The molecule has 0 aliphatic rings. The molecule has 0 saturated carbocycles. The van der Waals surface area contributed by atoms with E-state index in [1.165, 1.54) is 11.3 Å². The lowest BCUT2D eigenvalue weighted by Crippen LogP contribution is -2.37. The first-order valence-corrected chi connectivity index (χ1v) is 7.20. The minimum atomic E-state index is -0.163. The molecule has 0 unspecified atom stereocenters. The van der Waals surface area contributed by atoms with Crippen LogP contribution in [-0.2, 0) is 4.74 Å². The van der Waals surface area contributed by atoms with Gasteiger partial charge in [0.2, 0.25) is 0 Å². The maximum absolute atomic E-state index is 11.6. The van der Waals surface area contributed by atoms with E-state index < -0.39 is 0 Å². The minimum Gasteiger partial charge on any atom is -0.382 e. The van der Waals surface area contributed by atoms with Crippen molar-refractivity contribution < 1.29 is 9.53 Å². The highest BCUT2D eigenvalue weighted by Gasteiger charge is 2.10. The molecule has 1 aromatic rings. The highest BCUT2D eigenvalue weighted by molar-refractivity contribution is 7.16. The summed E-state index contributed by atoms with van der Waals surface area (Å²) < 4.78 is 5.92. The number of hydrogen-bond donors (Lipinski definition) is 2. The molecule has 0 spiro atoms. The quantitative estimate of drug-likeness (QED) is 0.758. The van der Waals surface area contributed by atoms with Crippen LogP contribution in [0.5, 0.6) is 0 Å². The molecule has 0 saturated heterocycles. The third-order valence-electron chi connectivity index (χ3n) is 2.32. The highest BCUT2D eigenvalue weighted by atomic mass is 35.5. The van der Waals surface area contributed by atoms with Gasteiger partial charge in [0.05, 0.1) is 10.4 Å². The zero-order valence-corrected chi connectivity index (χ0v) is 12.2. The first-order valence-electron chi connectivity index (χ1n) is 6.00. The van der Waals surface area contributed by atoms with Crippen molar-refractivity contribution in [2.75, 3.05) is 19.8 Å². The third kappa shape index (κ3) is 5.71. The van der Waals surface area contributed by atoms with Crippen LogP contribution < -0.4 is 10.6 Å². The molecule has 1 heterocycles. The second kappa shape index (κ2) is 8.34. The minimum absolute atomic E-state index is 0.0330. The molecule has 0 aromatic carbocycles. The number of nitrogens with one attached hydrogen (secondary N) is 2. The maximum Gasteiger partial charge on any atom is 0.315 e. The van der Waals surface area contributed by atoms with Crippen LogP contribution in [0.4, 0.5) is 4.79 Å². The van der Waals surface area contributed by atoms with E-state index in [-0.39, 0.29) is 12.1 Å². The van der Waals surface area contributed by atoms with Gasteiger partial charge >= 0.3 is 6.03 Å². The Kier molecular flexibility index (Phi) is 7.08. The van der Waals surface area contributed by atoms with E-state index in [0.29, 0.717) is 19.8 Å². The normalized spacial score (nSPS) is 12.2. The van der Waals surface area contributed by atoms with Gasteiger partial charge < -0.3 is 15.4 Å². The van der Waals surface area contributed by atoms with E-state index in [2.05, 4.69) is 10.6 Å². The van der Waals surface area contributed by atoms with Crippen molar-refractivity contribution in [2.45, 2.75) is 26.3 Å². The predicted octanol–water partition coefficient (Wildman–Crippen LogP) is 3.19. The molecule has 102 valence electrons. The summed E-state index contributed by atoms with van der Waals surface area (Å²) in [6.45, 7) is 5.88. The molecule has 6 heteroatoms. The van der Waals surface area contributed by atoms with Crippen LogP contribution in [0.3, 0.4) is 0 Å². The Bertz CT molecular complexity index is 371. The third-order valence-corrected chi connectivity index (χ3v) is 3.74. The topological polar surface area (TPSA) is 50.4 Å². The molecule has 4 nitrogen and oxygen atoms in total. The van der Waals surface area contributed by atoms with Crippen LogP contribution in [0.1, 0.15) is 31.2 Å². The number of carbonyl (C=O) groups excluding carboxylic acids is 1. The first-order chi connectivity index (χ1) is 8.63. The fraction of sp³-hybridized carbons (Fsp3) is 0.583. The van der Waals surface area contributed by atoms with Crippen LogP contribution in [-0.4, -0.2) is 25.8 Å². The Morgan fingerprint density at radius 3 is 2.94 bits per heavy atom. The van der Waals surface area contributed by atoms with Gasteiger partial charge in [-0.15, -0.1) is 11.3 Å². The van der Waals surface area contributed by atoms with Crippen molar-refractivity contribution in [3.05, 3.63) is 21.3 Å². The molecule has 2 amide bonds. The Labute approximate surface area is 117 Å². The molecule has 18 heavy (non-hydrogen) atoms. The number of hydrogen-bond acceptors (Lipinski definition) is 3. The fourth-order valence-corrected chi connectivity index (χ4v) is 2.46. The molecule has 0 aliphatic heterocycles. The SMILES string of the molecule is CCOCCCNC(=O)N[C@@H](C)c1ccc(Cl)s1. The van der Waals surface area contributed by atoms with Crippen molar-refractivity contribution in [2.24, 2.45) is 0 Å². The van der Waals surface area contributed by atoms with Gasteiger partial charge in [0.15, 0.2) is 0 Å². The van der Waals surface area contributed by atoms with Gasteiger partial charge in [-0.25, -0.2) is 4.79 Å². The van der Waals surface area contributed by atoms with Gasteiger partial charge in [-0.2, -0.15) is 0 Å². The van der Waals surface area contributed by atoms with E-state index >= 15 is 0 Å². The zero-order valence-electron chi connectivity index (χ0n) is 10.7. The fourth-order valence-electron chi connectivity index (χ4n) is 1.40. The van der Waals surface area contributed by atoms with Gasteiger partial charge in [-0.3, -0.25) is 0 Å². The van der Waals surface area contributed by atoms with Gasteiger partial charge in [0, 0.05) is 24.6 Å². The zero-order chi connectivity index (χ0) is 13.4. The standard InChI is InChI=1S/C12H19ClN2O2S/c1-3-17-8-4-7-14-12(16)15-9(2)10-5-6-11(13)18-10/h5-6,9H,3-4,7-8H2,1-2H3,(H2,14,15,16)/t9-/m0/s1. The van der Waals surface area contributed by atoms with Gasteiger partial charge in [-0.05, 0) is 32.4 Å². The lowest BCUT2D eigenvalue weighted by Gasteiger charge is -2.13.